The van der Waals surface area contributed by atoms with Crippen LogP contribution >= 0.6 is 0 Å². The van der Waals surface area contributed by atoms with Gasteiger partial charge in [-0.3, -0.25) is 4.79 Å². The highest BCUT2D eigenvalue weighted by molar-refractivity contribution is 5.82. The van der Waals surface area contributed by atoms with Gasteiger partial charge in [0.05, 0.1) is 6.04 Å². The molecular weight excluding hydrogens is 248 g/mol. The van der Waals surface area contributed by atoms with E-state index in [2.05, 4.69) is 17.1 Å². The Balaban J connectivity index is 1.61. The standard InChI is InChI=1S/C17H30N2O/c1-2-19(14-9-4-3-5-10-14)17(20)16-12-13-8-6-7-11-15(13)18-16/h13-16,18H,2-12H2,1H3. The van der Waals surface area contributed by atoms with Crippen molar-refractivity contribution in [2.45, 2.75) is 89.3 Å². The van der Waals surface area contributed by atoms with Crippen LogP contribution in [0.3, 0.4) is 0 Å². The highest BCUT2D eigenvalue weighted by Gasteiger charge is 2.40. The zero-order chi connectivity index (χ0) is 13.9. The van der Waals surface area contributed by atoms with Crippen LogP contribution in [0, 0.1) is 5.92 Å². The fraction of sp³-hybridized carbons (Fsp3) is 0.941. The van der Waals surface area contributed by atoms with Crippen molar-refractivity contribution >= 4 is 5.91 Å². The summed E-state index contributed by atoms with van der Waals surface area (Å²) >= 11 is 0. The van der Waals surface area contributed by atoms with E-state index in [4.69, 9.17) is 0 Å². The first-order valence-corrected chi connectivity index (χ1v) is 8.86. The molecule has 1 amide bonds. The molecular formula is C17H30N2O. The molecule has 3 fully saturated rings. The van der Waals surface area contributed by atoms with Crippen LogP contribution in [0.2, 0.25) is 0 Å². The quantitative estimate of drug-likeness (QED) is 0.860. The van der Waals surface area contributed by atoms with Crippen LogP contribution < -0.4 is 5.32 Å². The molecule has 0 aromatic rings. The minimum atomic E-state index is 0.116. The second-order valence-corrected chi connectivity index (χ2v) is 7.02. The van der Waals surface area contributed by atoms with E-state index in [1.165, 1.54) is 57.8 Å². The van der Waals surface area contributed by atoms with Crippen molar-refractivity contribution < 1.29 is 4.79 Å². The van der Waals surface area contributed by atoms with E-state index < -0.39 is 0 Å². The van der Waals surface area contributed by atoms with Gasteiger partial charge in [-0.15, -0.1) is 0 Å². The van der Waals surface area contributed by atoms with E-state index in [0.717, 1.165) is 18.9 Å². The summed E-state index contributed by atoms with van der Waals surface area (Å²) in [5.41, 5.74) is 0. The average Bonchev–Trinajstić information content (AvgIpc) is 2.93. The molecule has 1 aliphatic heterocycles. The van der Waals surface area contributed by atoms with Crippen LogP contribution in [0.1, 0.15) is 71.1 Å². The van der Waals surface area contributed by atoms with Crippen LogP contribution in [-0.2, 0) is 4.79 Å². The zero-order valence-corrected chi connectivity index (χ0v) is 12.9. The first-order valence-electron chi connectivity index (χ1n) is 8.86. The molecule has 3 unspecified atom stereocenters. The Labute approximate surface area is 123 Å². The van der Waals surface area contributed by atoms with Crippen LogP contribution in [0.4, 0.5) is 0 Å². The second kappa shape index (κ2) is 6.46. The minimum absolute atomic E-state index is 0.116. The zero-order valence-electron chi connectivity index (χ0n) is 12.9. The van der Waals surface area contributed by atoms with Crippen LogP contribution in [0.25, 0.3) is 0 Å². The molecule has 114 valence electrons. The molecule has 3 rings (SSSR count). The van der Waals surface area contributed by atoms with Crippen molar-refractivity contribution in [2.24, 2.45) is 5.92 Å². The van der Waals surface area contributed by atoms with Crippen LogP contribution in [-0.4, -0.2) is 35.5 Å². The minimum Gasteiger partial charge on any atom is -0.339 e. The molecule has 0 bridgehead atoms. The van der Waals surface area contributed by atoms with E-state index in [1.807, 2.05) is 0 Å². The summed E-state index contributed by atoms with van der Waals surface area (Å²) in [4.78, 5) is 15.1. The number of hydrogen-bond acceptors (Lipinski definition) is 2. The molecule has 1 saturated heterocycles. The van der Waals surface area contributed by atoms with E-state index in [9.17, 15) is 4.79 Å². The number of nitrogens with one attached hydrogen (secondary N) is 1. The number of likely N-dealkylation sites (N-methyl/N-ethyl adjacent to an activating group) is 1. The molecule has 0 aromatic carbocycles. The molecule has 1 N–H and O–H groups in total. The Morgan fingerprint density at radius 2 is 1.75 bits per heavy atom. The summed E-state index contributed by atoms with van der Waals surface area (Å²) in [6.45, 7) is 3.03. The molecule has 3 nitrogen and oxygen atoms in total. The molecule has 2 aliphatic carbocycles. The molecule has 3 atom stereocenters. The van der Waals surface area contributed by atoms with E-state index in [0.29, 0.717) is 18.0 Å². The van der Waals surface area contributed by atoms with Gasteiger partial charge in [0.15, 0.2) is 0 Å². The molecule has 20 heavy (non-hydrogen) atoms. The lowest BCUT2D eigenvalue weighted by molar-refractivity contribution is -0.136. The number of amides is 1. The Kier molecular flexibility index (Phi) is 4.65. The topological polar surface area (TPSA) is 32.3 Å². The molecule has 0 aromatic heterocycles. The highest BCUT2D eigenvalue weighted by atomic mass is 16.2. The average molecular weight is 278 g/mol. The summed E-state index contributed by atoms with van der Waals surface area (Å²) in [5.74, 6) is 1.16. The van der Waals surface area contributed by atoms with Crippen molar-refractivity contribution in [1.29, 1.82) is 0 Å². The van der Waals surface area contributed by atoms with E-state index in [-0.39, 0.29) is 6.04 Å². The number of rotatable bonds is 3. The van der Waals surface area contributed by atoms with Gasteiger partial charge >= 0.3 is 0 Å². The third-order valence-electron chi connectivity index (χ3n) is 5.80. The Bertz CT molecular complexity index is 324. The summed E-state index contributed by atoms with van der Waals surface area (Å²) < 4.78 is 0. The third kappa shape index (κ3) is 2.88. The Morgan fingerprint density at radius 3 is 2.45 bits per heavy atom. The SMILES string of the molecule is CCN(C(=O)C1CC2CCCCC2N1)C1CCCCC1. The Morgan fingerprint density at radius 1 is 1.05 bits per heavy atom. The fourth-order valence-corrected chi connectivity index (χ4v) is 4.70. The maximum absolute atomic E-state index is 12.9. The lowest BCUT2D eigenvalue weighted by atomic mass is 9.85. The van der Waals surface area contributed by atoms with Crippen molar-refractivity contribution in [1.82, 2.24) is 10.2 Å². The van der Waals surface area contributed by atoms with Gasteiger partial charge in [0, 0.05) is 18.6 Å². The largest absolute Gasteiger partial charge is 0.339 e. The maximum atomic E-state index is 12.9. The second-order valence-electron chi connectivity index (χ2n) is 7.02. The summed E-state index contributed by atoms with van der Waals surface area (Å²) in [7, 11) is 0. The Hall–Kier alpha value is -0.570. The van der Waals surface area contributed by atoms with Crippen LogP contribution in [0.5, 0.6) is 0 Å². The number of carbonyl (C=O) groups is 1. The van der Waals surface area contributed by atoms with Gasteiger partial charge in [-0.05, 0) is 44.9 Å². The van der Waals surface area contributed by atoms with Gasteiger partial charge in [0.1, 0.15) is 0 Å². The van der Waals surface area contributed by atoms with Gasteiger partial charge < -0.3 is 10.2 Å². The maximum Gasteiger partial charge on any atom is 0.239 e. The molecule has 1 heterocycles. The highest BCUT2D eigenvalue weighted by Crippen LogP contribution is 2.34. The summed E-state index contributed by atoms with van der Waals surface area (Å²) in [6, 6.07) is 1.26. The number of nitrogens with zero attached hydrogens (tertiary/aromatic N) is 1. The molecule has 0 radical (unpaired) electrons. The number of hydrogen-bond donors (Lipinski definition) is 1. The summed E-state index contributed by atoms with van der Waals surface area (Å²) in [5, 5.41) is 3.66. The van der Waals surface area contributed by atoms with Crippen molar-refractivity contribution in [3.8, 4) is 0 Å². The third-order valence-corrected chi connectivity index (χ3v) is 5.80. The van der Waals surface area contributed by atoms with Crippen molar-refractivity contribution in [2.75, 3.05) is 6.54 Å². The lowest BCUT2D eigenvalue weighted by Gasteiger charge is -2.35. The van der Waals surface area contributed by atoms with E-state index in [1.54, 1.807) is 0 Å². The molecule has 3 aliphatic rings. The van der Waals surface area contributed by atoms with Gasteiger partial charge in [-0.2, -0.15) is 0 Å². The van der Waals surface area contributed by atoms with Gasteiger partial charge in [-0.25, -0.2) is 0 Å². The first-order chi connectivity index (χ1) is 9.79. The molecule has 3 heteroatoms. The number of carbonyl (C=O) groups excluding carboxylic acids is 1. The smallest absolute Gasteiger partial charge is 0.239 e. The summed E-state index contributed by atoms with van der Waals surface area (Å²) in [6.07, 6.45) is 12.8. The van der Waals surface area contributed by atoms with Gasteiger partial charge in [0.2, 0.25) is 5.91 Å². The van der Waals surface area contributed by atoms with Crippen LogP contribution in [0.15, 0.2) is 0 Å². The molecule has 2 saturated carbocycles. The first kappa shape index (κ1) is 14.4. The monoisotopic (exact) mass is 278 g/mol. The van der Waals surface area contributed by atoms with Crippen molar-refractivity contribution in [3.05, 3.63) is 0 Å². The van der Waals surface area contributed by atoms with E-state index >= 15 is 0 Å². The number of fused-ring (bicyclic) bond motifs is 1. The lowest BCUT2D eigenvalue weighted by Crippen LogP contribution is -2.50. The van der Waals surface area contributed by atoms with Gasteiger partial charge in [0.25, 0.3) is 0 Å². The fourth-order valence-electron chi connectivity index (χ4n) is 4.70. The normalized spacial score (nSPS) is 34.8. The molecule has 0 spiro atoms. The predicted octanol–water partition coefficient (Wildman–Crippen LogP) is 3.09. The van der Waals surface area contributed by atoms with Gasteiger partial charge in [-0.1, -0.05) is 32.1 Å². The predicted molar refractivity (Wildman–Crippen MR) is 81.5 cm³/mol. The van der Waals surface area contributed by atoms with Crippen molar-refractivity contribution in [3.63, 3.8) is 0 Å².